The summed E-state index contributed by atoms with van der Waals surface area (Å²) in [7, 11) is -4.67. The summed E-state index contributed by atoms with van der Waals surface area (Å²) >= 11 is 1.12. The zero-order valence-electron chi connectivity index (χ0n) is 14.8. The van der Waals surface area contributed by atoms with Crippen LogP contribution in [0.5, 0.6) is 0 Å². The first-order valence-corrected chi connectivity index (χ1v) is 10.7. The normalized spacial score (nSPS) is 11.6. The Kier molecular flexibility index (Phi) is 6.18. The minimum absolute atomic E-state index is 0.000469. The van der Waals surface area contributed by atoms with Gasteiger partial charge < -0.3 is 11.2 Å². The first-order valence-electron chi connectivity index (χ1n) is 8.22. The van der Waals surface area contributed by atoms with Gasteiger partial charge in [0.1, 0.15) is 0 Å². The molecule has 0 unspecified atom stereocenters. The highest BCUT2D eigenvalue weighted by Gasteiger charge is 2.26. The molecule has 0 radical (unpaired) electrons. The Hall–Kier alpha value is -2.92. The number of nitrogen functional groups attached to an aromatic ring is 1. The van der Waals surface area contributed by atoms with Crippen molar-refractivity contribution in [1.29, 1.82) is 0 Å². The standard InChI is InChI=1S/C18H16F2N4O3S2/c19-17(20)29(26,27)14-8-6-13(7-9-14)22-16(25)11-28-18-23-15(10-24(18)21)12-4-2-1-3-5-12/h1-10,17H,11,21H2,(H,22,25). The van der Waals surface area contributed by atoms with Gasteiger partial charge in [-0.25, -0.2) is 18.1 Å². The van der Waals surface area contributed by atoms with E-state index in [9.17, 15) is 22.0 Å². The molecule has 29 heavy (non-hydrogen) atoms. The van der Waals surface area contributed by atoms with Gasteiger partial charge >= 0.3 is 5.76 Å². The van der Waals surface area contributed by atoms with Gasteiger partial charge in [-0.15, -0.1) is 0 Å². The molecular weight excluding hydrogens is 422 g/mol. The highest BCUT2D eigenvalue weighted by Crippen LogP contribution is 2.23. The summed E-state index contributed by atoms with van der Waals surface area (Å²) in [5.74, 6) is 2.00. The number of aromatic nitrogens is 2. The minimum Gasteiger partial charge on any atom is -0.337 e. The number of amides is 1. The fourth-order valence-electron chi connectivity index (χ4n) is 2.39. The molecule has 0 saturated heterocycles. The Bertz CT molecular complexity index is 1100. The molecule has 0 aliphatic rings. The molecule has 2 aromatic carbocycles. The van der Waals surface area contributed by atoms with E-state index in [1.54, 1.807) is 6.20 Å². The van der Waals surface area contributed by atoms with E-state index >= 15 is 0 Å². The zero-order chi connectivity index (χ0) is 21.0. The van der Waals surface area contributed by atoms with Gasteiger partial charge in [-0.3, -0.25) is 4.79 Å². The summed E-state index contributed by atoms with van der Waals surface area (Å²) in [4.78, 5) is 16.0. The van der Waals surface area contributed by atoms with Gasteiger partial charge in [0.15, 0.2) is 5.16 Å². The second kappa shape index (κ2) is 8.62. The van der Waals surface area contributed by atoms with Crippen LogP contribution in [0.3, 0.4) is 0 Å². The lowest BCUT2D eigenvalue weighted by Crippen LogP contribution is -2.16. The van der Waals surface area contributed by atoms with E-state index in [1.165, 1.54) is 16.8 Å². The Morgan fingerprint density at radius 1 is 1.14 bits per heavy atom. The van der Waals surface area contributed by atoms with E-state index in [1.807, 2.05) is 30.3 Å². The number of thioether (sulfide) groups is 1. The summed E-state index contributed by atoms with van der Waals surface area (Å²) in [6.07, 6.45) is 1.65. The highest BCUT2D eigenvalue weighted by atomic mass is 32.2. The Morgan fingerprint density at radius 3 is 2.41 bits per heavy atom. The molecular formula is C18H16F2N4O3S2. The maximum Gasteiger partial charge on any atom is 0.341 e. The predicted molar refractivity (Wildman–Crippen MR) is 107 cm³/mol. The fraction of sp³-hybridized carbons (Fsp3) is 0.111. The average molecular weight is 438 g/mol. The van der Waals surface area contributed by atoms with Crippen molar-refractivity contribution in [2.24, 2.45) is 0 Å². The summed E-state index contributed by atoms with van der Waals surface area (Å²) in [5, 5.41) is 3.00. The number of rotatable bonds is 7. The van der Waals surface area contributed by atoms with E-state index in [4.69, 9.17) is 5.84 Å². The SMILES string of the molecule is Nn1cc(-c2ccccc2)nc1SCC(=O)Nc1ccc(S(=O)(=O)C(F)F)cc1. The number of sulfone groups is 1. The van der Waals surface area contributed by atoms with E-state index in [0.717, 1.165) is 29.5 Å². The van der Waals surface area contributed by atoms with Crippen molar-refractivity contribution in [3.8, 4) is 11.3 Å². The van der Waals surface area contributed by atoms with Crippen LogP contribution in [0.2, 0.25) is 0 Å². The number of carbonyl (C=O) groups is 1. The lowest BCUT2D eigenvalue weighted by atomic mass is 10.2. The van der Waals surface area contributed by atoms with Crippen molar-refractivity contribution >= 4 is 33.2 Å². The van der Waals surface area contributed by atoms with E-state index in [0.29, 0.717) is 10.9 Å². The quantitative estimate of drug-likeness (QED) is 0.434. The molecule has 1 aromatic heterocycles. The van der Waals surface area contributed by atoms with E-state index in [2.05, 4.69) is 10.3 Å². The Labute approximate surface area is 169 Å². The molecule has 0 spiro atoms. The van der Waals surface area contributed by atoms with Gasteiger partial charge in [0.25, 0.3) is 0 Å². The smallest absolute Gasteiger partial charge is 0.337 e. The number of carbonyl (C=O) groups excluding carboxylic acids is 1. The van der Waals surface area contributed by atoms with Crippen LogP contribution >= 0.6 is 11.8 Å². The number of alkyl halides is 2. The molecule has 0 bridgehead atoms. The van der Waals surface area contributed by atoms with Crippen LogP contribution in [0, 0.1) is 0 Å². The molecule has 11 heteroatoms. The number of hydrogen-bond acceptors (Lipinski definition) is 6. The number of nitrogens with zero attached hydrogens (tertiary/aromatic N) is 2. The van der Waals surface area contributed by atoms with Crippen LogP contribution in [0.25, 0.3) is 11.3 Å². The van der Waals surface area contributed by atoms with E-state index in [-0.39, 0.29) is 17.3 Å². The minimum atomic E-state index is -4.67. The van der Waals surface area contributed by atoms with Crippen molar-refractivity contribution in [2.75, 3.05) is 16.9 Å². The van der Waals surface area contributed by atoms with Crippen LogP contribution in [0.1, 0.15) is 0 Å². The number of imidazole rings is 1. The van der Waals surface area contributed by atoms with Crippen LogP contribution < -0.4 is 11.2 Å². The topological polar surface area (TPSA) is 107 Å². The van der Waals surface area contributed by atoms with Gasteiger partial charge in [0.05, 0.1) is 22.5 Å². The summed E-state index contributed by atoms with van der Waals surface area (Å²) < 4.78 is 49.2. The molecule has 0 aliphatic carbocycles. The van der Waals surface area contributed by atoms with Crippen molar-refractivity contribution in [3.05, 3.63) is 60.8 Å². The molecule has 3 aromatic rings. The lowest BCUT2D eigenvalue weighted by Gasteiger charge is -2.07. The molecule has 3 rings (SSSR count). The second-order valence-electron chi connectivity index (χ2n) is 5.85. The second-order valence-corrected chi connectivity index (χ2v) is 8.71. The maximum atomic E-state index is 12.5. The monoisotopic (exact) mass is 438 g/mol. The van der Waals surface area contributed by atoms with Crippen LogP contribution in [0.15, 0.2) is 70.8 Å². The van der Waals surface area contributed by atoms with Gasteiger partial charge in [-0.1, -0.05) is 42.1 Å². The maximum absolute atomic E-state index is 12.5. The third kappa shape index (κ3) is 4.93. The molecule has 0 fully saturated rings. The molecule has 7 nitrogen and oxygen atoms in total. The fourth-order valence-corrected chi connectivity index (χ4v) is 3.81. The summed E-state index contributed by atoms with van der Waals surface area (Å²) in [6.45, 7) is 0. The van der Waals surface area contributed by atoms with Crippen LogP contribution in [-0.4, -0.2) is 35.5 Å². The molecule has 152 valence electrons. The number of anilines is 1. The van der Waals surface area contributed by atoms with Gasteiger partial charge in [-0.05, 0) is 24.3 Å². The Balaban J connectivity index is 1.60. The number of nitrogens with one attached hydrogen (secondary N) is 1. The number of hydrogen-bond donors (Lipinski definition) is 2. The van der Waals surface area contributed by atoms with Crippen molar-refractivity contribution in [3.63, 3.8) is 0 Å². The number of halogens is 2. The zero-order valence-corrected chi connectivity index (χ0v) is 16.5. The molecule has 0 atom stereocenters. The third-order valence-corrected chi connectivity index (χ3v) is 6.17. The summed E-state index contributed by atoms with van der Waals surface area (Å²) in [5.41, 5.74) is 1.85. The van der Waals surface area contributed by atoms with Crippen molar-refractivity contribution in [2.45, 2.75) is 15.8 Å². The van der Waals surface area contributed by atoms with Crippen LogP contribution in [0.4, 0.5) is 14.5 Å². The first-order chi connectivity index (χ1) is 13.8. The highest BCUT2D eigenvalue weighted by molar-refractivity contribution is 7.99. The summed E-state index contributed by atoms with van der Waals surface area (Å²) in [6, 6.07) is 13.9. The number of benzene rings is 2. The van der Waals surface area contributed by atoms with Gasteiger partial charge in [-0.2, -0.15) is 8.78 Å². The van der Waals surface area contributed by atoms with E-state index < -0.39 is 20.5 Å². The molecule has 1 amide bonds. The van der Waals surface area contributed by atoms with Crippen LogP contribution in [-0.2, 0) is 14.6 Å². The largest absolute Gasteiger partial charge is 0.341 e. The molecule has 0 aliphatic heterocycles. The van der Waals surface area contributed by atoms with Crippen molar-refractivity contribution < 1.29 is 22.0 Å². The van der Waals surface area contributed by atoms with Crippen molar-refractivity contribution in [1.82, 2.24) is 9.66 Å². The van der Waals surface area contributed by atoms with Gasteiger partial charge in [0.2, 0.25) is 15.7 Å². The average Bonchev–Trinajstić information content (AvgIpc) is 3.08. The Morgan fingerprint density at radius 2 is 1.79 bits per heavy atom. The lowest BCUT2D eigenvalue weighted by molar-refractivity contribution is -0.113. The molecule has 1 heterocycles. The first kappa shape index (κ1) is 20.8. The molecule has 3 N–H and O–H groups in total. The third-order valence-electron chi connectivity index (χ3n) is 3.80. The number of nitrogens with two attached hydrogens (primary N) is 1. The molecule has 0 saturated carbocycles. The predicted octanol–water partition coefficient (Wildman–Crippen LogP) is 2.99. The van der Waals surface area contributed by atoms with Gasteiger partial charge in [0, 0.05) is 11.3 Å².